The molecule has 0 aliphatic rings. The van der Waals surface area contributed by atoms with E-state index in [0.717, 1.165) is 11.4 Å². The topological polar surface area (TPSA) is 88.6 Å². The van der Waals surface area contributed by atoms with E-state index in [2.05, 4.69) is 5.10 Å². The Labute approximate surface area is 119 Å². The summed E-state index contributed by atoms with van der Waals surface area (Å²) in [4.78, 5) is 11.6. The molecule has 0 radical (unpaired) electrons. The van der Waals surface area contributed by atoms with E-state index in [1.807, 2.05) is 13.8 Å². The molecule has 0 unspecified atom stereocenters. The number of hydrogen-bond donors (Lipinski definition) is 1. The van der Waals surface area contributed by atoms with E-state index >= 15 is 0 Å². The molecule has 0 aliphatic heterocycles. The average Bonchev–Trinajstić information content (AvgIpc) is 2.65. The third kappa shape index (κ3) is 5.18. The van der Waals surface area contributed by atoms with Gasteiger partial charge >= 0.3 is 5.97 Å². The van der Waals surface area contributed by atoms with Crippen molar-refractivity contribution in [2.75, 3.05) is 39.3 Å². The molecule has 0 bridgehead atoms. The van der Waals surface area contributed by atoms with Crippen LogP contribution in [0, 0.1) is 13.8 Å². The second-order valence-electron chi connectivity index (χ2n) is 4.42. The number of esters is 1. The number of nitrogen functional groups attached to an aromatic ring is 1. The fourth-order valence-corrected chi connectivity index (χ4v) is 1.62. The van der Waals surface area contributed by atoms with E-state index < -0.39 is 0 Å². The number of nitrogens with two attached hydrogens (primary N) is 1. The van der Waals surface area contributed by atoms with Crippen molar-refractivity contribution in [1.29, 1.82) is 0 Å². The molecule has 0 amide bonds. The van der Waals surface area contributed by atoms with Gasteiger partial charge in [0.25, 0.3) is 0 Å². The highest BCUT2D eigenvalue weighted by Gasteiger charge is 2.11. The molecular formula is C13H23N3O4. The number of carbonyl (C=O) groups is 1. The van der Waals surface area contributed by atoms with Gasteiger partial charge in [0, 0.05) is 20.1 Å². The number of ether oxygens (including phenoxy) is 3. The molecule has 7 nitrogen and oxygen atoms in total. The predicted molar refractivity (Wildman–Crippen MR) is 74.4 cm³/mol. The third-order valence-electron chi connectivity index (χ3n) is 2.84. The molecule has 0 aliphatic carbocycles. The summed E-state index contributed by atoms with van der Waals surface area (Å²) in [7, 11) is 1.62. The number of hydrogen-bond acceptors (Lipinski definition) is 6. The van der Waals surface area contributed by atoms with Crippen LogP contribution < -0.4 is 5.73 Å². The second-order valence-corrected chi connectivity index (χ2v) is 4.42. The largest absolute Gasteiger partial charge is 0.464 e. The van der Waals surface area contributed by atoms with Crippen molar-refractivity contribution in [2.24, 2.45) is 0 Å². The molecule has 0 spiro atoms. The lowest BCUT2D eigenvalue weighted by molar-refractivity contribution is -0.145. The van der Waals surface area contributed by atoms with Crippen LogP contribution in [0.4, 0.5) is 5.69 Å². The first-order chi connectivity index (χ1) is 9.56. The van der Waals surface area contributed by atoms with Gasteiger partial charge in [-0.1, -0.05) is 0 Å². The van der Waals surface area contributed by atoms with E-state index in [1.165, 1.54) is 0 Å². The maximum absolute atomic E-state index is 11.6. The average molecular weight is 285 g/mol. The van der Waals surface area contributed by atoms with Gasteiger partial charge in [-0.05, 0) is 13.8 Å². The highest BCUT2D eigenvalue weighted by atomic mass is 16.5. The zero-order valence-electron chi connectivity index (χ0n) is 12.3. The number of aromatic nitrogens is 2. The minimum Gasteiger partial charge on any atom is -0.464 e. The van der Waals surface area contributed by atoms with Gasteiger partial charge in [0.05, 0.1) is 36.9 Å². The van der Waals surface area contributed by atoms with Gasteiger partial charge in [-0.2, -0.15) is 5.10 Å². The van der Waals surface area contributed by atoms with Crippen LogP contribution in [0.2, 0.25) is 0 Å². The molecule has 1 rings (SSSR count). The monoisotopic (exact) mass is 285 g/mol. The van der Waals surface area contributed by atoms with Gasteiger partial charge < -0.3 is 19.9 Å². The van der Waals surface area contributed by atoms with E-state index in [9.17, 15) is 4.79 Å². The van der Waals surface area contributed by atoms with E-state index in [4.69, 9.17) is 19.9 Å². The molecular weight excluding hydrogens is 262 g/mol. The minimum atomic E-state index is -0.326. The Bertz CT molecular complexity index is 431. The van der Waals surface area contributed by atoms with Crippen molar-refractivity contribution in [3.05, 3.63) is 11.4 Å². The third-order valence-corrected chi connectivity index (χ3v) is 2.84. The molecule has 0 fully saturated rings. The molecule has 20 heavy (non-hydrogen) atoms. The summed E-state index contributed by atoms with van der Waals surface area (Å²) in [5.41, 5.74) is 7.91. The van der Waals surface area contributed by atoms with Crippen molar-refractivity contribution < 1.29 is 19.0 Å². The first kappa shape index (κ1) is 16.5. The predicted octanol–water partition coefficient (Wildman–Crippen LogP) is 0.678. The summed E-state index contributed by atoms with van der Waals surface area (Å²) in [6.07, 6.45) is 0.661. The Hall–Kier alpha value is -1.60. The molecule has 1 aromatic heterocycles. The van der Waals surface area contributed by atoms with Crippen molar-refractivity contribution in [3.63, 3.8) is 0 Å². The SMILES string of the molecule is COCCOCCCOC(=O)Cn1nc(C)c(N)c1C. The molecule has 1 aromatic rings. The standard InChI is InChI=1S/C13H23N3O4/c1-10-13(14)11(2)16(15-10)9-12(17)20-6-4-5-19-8-7-18-3/h4-9,14H2,1-3H3. The molecule has 1 heterocycles. The number of nitrogens with zero attached hydrogens (tertiary/aromatic N) is 2. The number of carbonyl (C=O) groups excluding carboxylic acids is 1. The zero-order valence-corrected chi connectivity index (χ0v) is 12.3. The number of rotatable bonds is 9. The Morgan fingerprint density at radius 1 is 1.25 bits per heavy atom. The van der Waals surface area contributed by atoms with Crippen LogP contribution in [0.15, 0.2) is 0 Å². The highest BCUT2D eigenvalue weighted by molar-refractivity contribution is 5.69. The number of methoxy groups -OCH3 is 1. The highest BCUT2D eigenvalue weighted by Crippen LogP contribution is 2.14. The van der Waals surface area contributed by atoms with Crippen molar-refractivity contribution in [2.45, 2.75) is 26.8 Å². The van der Waals surface area contributed by atoms with E-state index in [1.54, 1.807) is 11.8 Å². The summed E-state index contributed by atoms with van der Waals surface area (Å²) in [5, 5.41) is 4.18. The van der Waals surface area contributed by atoms with Crippen molar-refractivity contribution in [3.8, 4) is 0 Å². The molecule has 0 saturated heterocycles. The van der Waals surface area contributed by atoms with Crippen LogP contribution in [0.5, 0.6) is 0 Å². The van der Waals surface area contributed by atoms with E-state index in [-0.39, 0.29) is 12.5 Å². The van der Waals surface area contributed by atoms with Gasteiger partial charge in [0.15, 0.2) is 0 Å². The van der Waals surface area contributed by atoms with Crippen LogP contribution in [-0.4, -0.2) is 49.3 Å². The van der Waals surface area contributed by atoms with Crippen LogP contribution in [0.3, 0.4) is 0 Å². The maximum atomic E-state index is 11.6. The lowest BCUT2D eigenvalue weighted by Gasteiger charge is -2.07. The lowest BCUT2D eigenvalue weighted by atomic mass is 10.3. The van der Waals surface area contributed by atoms with Crippen molar-refractivity contribution in [1.82, 2.24) is 9.78 Å². The maximum Gasteiger partial charge on any atom is 0.327 e. The zero-order chi connectivity index (χ0) is 15.0. The minimum absolute atomic E-state index is 0.0778. The first-order valence-electron chi connectivity index (χ1n) is 6.58. The Balaban J connectivity index is 2.19. The molecule has 0 aromatic carbocycles. The van der Waals surface area contributed by atoms with Crippen LogP contribution in [0.25, 0.3) is 0 Å². The van der Waals surface area contributed by atoms with Gasteiger partial charge in [-0.15, -0.1) is 0 Å². The molecule has 2 N–H and O–H groups in total. The fourth-order valence-electron chi connectivity index (χ4n) is 1.62. The number of aryl methyl sites for hydroxylation is 1. The van der Waals surface area contributed by atoms with Crippen LogP contribution >= 0.6 is 0 Å². The van der Waals surface area contributed by atoms with Crippen LogP contribution in [0.1, 0.15) is 17.8 Å². The normalized spacial score (nSPS) is 10.8. The lowest BCUT2D eigenvalue weighted by Crippen LogP contribution is -2.17. The summed E-state index contributed by atoms with van der Waals surface area (Å²) in [6, 6.07) is 0. The number of anilines is 1. The Morgan fingerprint density at radius 3 is 2.60 bits per heavy atom. The Morgan fingerprint density at radius 2 is 2.00 bits per heavy atom. The summed E-state index contributed by atoms with van der Waals surface area (Å²) in [6.45, 7) is 5.71. The summed E-state index contributed by atoms with van der Waals surface area (Å²) < 4.78 is 16.8. The summed E-state index contributed by atoms with van der Waals surface area (Å²) in [5.74, 6) is -0.326. The Kier molecular flexibility index (Phi) is 7.03. The summed E-state index contributed by atoms with van der Waals surface area (Å²) >= 11 is 0. The quantitative estimate of drug-likeness (QED) is 0.530. The van der Waals surface area contributed by atoms with Gasteiger partial charge in [0.2, 0.25) is 0 Å². The van der Waals surface area contributed by atoms with Gasteiger partial charge in [-0.25, -0.2) is 0 Å². The smallest absolute Gasteiger partial charge is 0.327 e. The van der Waals surface area contributed by atoms with Crippen molar-refractivity contribution >= 4 is 11.7 Å². The fraction of sp³-hybridized carbons (Fsp3) is 0.692. The first-order valence-corrected chi connectivity index (χ1v) is 6.58. The molecule has 0 saturated carbocycles. The van der Waals surface area contributed by atoms with Crippen LogP contribution in [-0.2, 0) is 25.5 Å². The van der Waals surface area contributed by atoms with Gasteiger partial charge in [0.1, 0.15) is 6.54 Å². The van der Waals surface area contributed by atoms with E-state index in [0.29, 0.717) is 38.5 Å². The molecule has 7 heteroatoms. The van der Waals surface area contributed by atoms with Gasteiger partial charge in [-0.3, -0.25) is 9.48 Å². The molecule has 114 valence electrons. The second kappa shape index (κ2) is 8.55. The molecule has 0 atom stereocenters.